The number of aliphatic imine (C=N–C) groups is 1. The first-order valence-corrected chi connectivity index (χ1v) is 4.99. The van der Waals surface area contributed by atoms with Gasteiger partial charge in [0.2, 0.25) is 0 Å². The zero-order chi connectivity index (χ0) is 10.1. The number of hydrogen-bond donors (Lipinski definition) is 0. The molecule has 2 heteroatoms. The Balaban J connectivity index is 2.35. The molecule has 1 aromatic carbocycles. The Morgan fingerprint density at radius 2 is 2.07 bits per heavy atom. The fourth-order valence-corrected chi connectivity index (χ4v) is 1.80. The van der Waals surface area contributed by atoms with Crippen molar-refractivity contribution in [2.24, 2.45) is 9.98 Å². The maximum atomic E-state index is 4.30. The van der Waals surface area contributed by atoms with Gasteiger partial charge in [-0.2, -0.15) is 0 Å². The lowest BCUT2D eigenvalue weighted by Crippen LogP contribution is -2.15. The summed E-state index contributed by atoms with van der Waals surface area (Å²) < 4.78 is 0. The molecule has 2 heterocycles. The lowest BCUT2D eigenvalue weighted by Gasteiger charge is -1.99. The van der Waals surface area contributed by atoms with Crippen molar-refractivity contribution in [2.75, 3.05) is 6.54 Å². The van der Waals surface area contributed by atoms with Crippen molar-refractivity contribution < 1.29 is 0 Å². The minimum Gasteiger partial charge on any atom is -0.289 e. The molecule has 0 atom stereocenters. The fourth-order valence-electron chi connectivity index (χ4n) is 1.80. The Labute approximate surface area is 87.7 Å². The van der Waals surface area contributed by atoms with Gasteiger partial charge in [-0.05, 0) is 35.1 Å². The van der Waals surface area contributed by atoms with Gasteiger partial charge >= 0.3 is 0 Å². The largest absolute Gasteiger partial charge is 0.289 e. The van der Waals surface area contributed by atoms with Gasteiger partial charge in [-0.25, -0.2) is 0 Å². The summed E-state index contributed by atoms with van der Waals surface area (Å²) in [4.78, 5) is 8.51. The lowest BCUT2D eigenvalue weighted by molar-refractivity contribution is 1.26. The summed E-state index contributed by atoms with van der Waals surface area (Å²) in [5.74, 6) is 0. The normalized spacial score (nSPS) is 20.4. The molecule has 2 nitrogen and oxygen atoms in total. The molecular formula is C13H10N2. The molecule has 3 rings (SSSR count). The molecule has 0 N–H and O–H groups in total. The van der Waals surface area contributed by atoms with Crippen LogP contribution in [0.4, 0.5) is 0 Å². The van der Waals surface area contributed by atoms with Gasteiger partial charge in [0, 0.05) is 18.0 Å². The van der Waals surface area contributed by atoms with E-state index in [0.29, 0.717) is 0 Å². The van der Waals surface area contributed by atoms with Crippen molar-refractivity contribution >= 4 is 24.4 Å². The zero-order valence-corrected chi connectivity index (χ0v) is 8.22. The molecule has 0 fully saturated rings. The topological polar surface area (TPSA) is 24.7 Å². The van der Waals surface area contributed by atoms with E-state index in [4.69, 9.17) is 0 Å². The average Bonchev–Trinajstić information content (AvgIpc) is 2.64. The molecule has 0 aliphatic carbocycles. The van der Waals surface area contributed by atoms with E-state index in [1.807, 2.05) is 24.6 Å². The molecule has 0 bridgehead atoms. The minimum absolute atomic E-state index is 0.752. The number of nitrogens with zero attached hydrogens (tertiary/aromatic N) is 2. The van der Waals surface area contributed by atoms with Gasteiger partial charge in [0.1, 0.15) is 0 Å². The van der Waals surface area contributed by atoms with Crippen molar-refractivity contribution in [3.63, 3.8) is 0 Å². The van der Waals surface area contributed by atoms with Crippen LogP contribution in [0.1, 0.15) is 11.1 Å². The Kier molecular flexibility index (Phi) is 1.85. The van der Waals surface area contributed by atoms with Crippen LogP contribution in [0.3, 0.4) is 0 Å². The second-order valence-corrected chi connectivity index (χ2v) is 3.57. The molecule has 0 saturated heterocycles. The van der Waals surface area contributed by atoms with E-state index in [9.17, 15) is 0 Å². The second-order valence-electron chi connectivity index (χ2n) is 3.57. The minimum atomic E-state index is 0.752. The molecule has 2 aliphatic rings. The van der Waals surface area contributed by atoms with Crippen LogP contribution in [0.5, 0.6) is 0 Å². The molecule has 0 aromatic heterocycles. The van der Waals surface area contributed by atoms with E-state index < -0.39 is 0 Å². The van der Waals surface area contributed by atoms with Gasteiger partial charge in [0.15, 0.2) is 0 Å². The number of hydrogen-bond acceptors (Lipinski definition) is 2. The standard InChI is InChI=1S/C13H10N2/c1-2-10-9-13-12(4-7-15-13)8-11(10)3-6-14-5-1/h1-4,6-9H,5H2/b2-1-,11-3-,14-6?. The maximum absolute atomic E-state index is 4.30. The van der Waals surface area contributed by atoms with E-state index in [-0.39, 0.29) is 0 Å². The van der Waals surface area contributed by atoms with Crippen molar-refractivity contribution in [3.05, 3.63) is 46.1 Å². The Morgan fingerprint density at radius 3 is 3.07 bits per heavy atom. The summed E-state index contributed by atoms with van der Waals surface area (Å²) in [6.45, 7) is 0.752. The van der Waals surface area contributed by atoms with Crippen LogP contribution in [-0.2, 0) is 0 Å². The highest BCUT2D eigenvalue weighted by Gasteiger charge is 2.01. The van der Waals surface area contributed by atoms with Gasteiger partial charge in [-0.3, -0.25) is 9.98 Å². The quantitative estimate of drug-likeness (QED) is 0.592. The molecule has 0 radical (unpaired) electrons. The van der Waals surface area contributed by atoms with Crippen LogP contribution in [0, 0.1) is 0 Å². The number of benzene rings is 1. The molecule has 72 valence electrons. The molecular weight excluding hydrogens is 184 g/mol. The van der Waals surface area contributed by atoms with Crippen molar-refractivity contribution in [3.8, 4) is 0 Å². The monoisotopic (exact) mass is 194 g/mol. The summed E-state index contributed by atoms with van der Waals surface area (Å²) in [7, 11) is 0. The van der Waals surface area contributed by atoms with Crippen LogP contribution < -0.4 is 10.6 Å². The first kappa shape index (κ1) is 8.36. The molecule has 2 aliphatic heterocycles. The van der Waals surface area contributed by atoms with Gasteiger partial charge < -0.3 is 0 Å². The zero-order valence-electron chi connectivity index (χ0n) is 8.22. The van der Waals surface area contributed by atoms with Gasteiger partial charge in [0.25, 0.3) is 0 Å². The molecule has 0 amide bonds. The molecule has 0 saturated carbocycles. The van der Waals surface area contributed by atoms with Gasteiger partial charge in [-0.15, -0.1) is 0 Å². The number of rotatable bonds is 0. The van der Waals surface area contributed by atoms with E-state index in [0.717, 1.165) is 11.9 Å². The third-order valence-corrected chi connectivity index (χ3v) is 2.57. The Morgan fingerprint density at radius 1 is 1.07 bits per heavy atom. The van der Waals surface area contributed by atoms with E-state index >= 15 is 0 Å². The van der Waals surface area contributed by atoms with Crippen LogP contribution in [0.2, 0.25) is 0 Å². The van der Waals surface area contributed by atoms with Crippen molar-refractivity contribution in [2.45, 2.75) is 0 Å². The summed E-state index contributed by atoms with van der Waals surface area (Å²) in [5, 5.41) is 2.26. The summed E-state index contributed by atoms with van der Waals surface area (Å²) in [5.41, 5.74) is 2.40. The van der Waals surface area contributed by atoms with Crippen LogP contribution in [0.15, 0.2) is 34.4 Å². The van der Waals surface area contributed by atoms with E-state index in [2.05, 4.69) is 34.3 Å². The van der Waals surface area contributed by atoms with E-state index in [1.165, 1.54) is 16.3 Å². The van der Waals surface area contributed by atoms with E-state index in [1.54, 1.807) is 0 Å². The predicted molar refractivity (Wildman–Crippen MR) is 63.1 cm³/mol. The Hall–Kier alpha value is -1.96. The van der Waals surface area contributed by atoms with Crippen molar-refractivity contribution in [1.29, 1.82) is 0 Å². The lowest BCUT2D eigenvalue weighted by atomic mass is 10.1. The maximum Gasteiger partial charge on any atom is 0.0708 e. The fraction of sp³-hybridized carbons (Fsp3) is 0.0769. The Bertz CT molecular complexity index is 604. The highest BCUT2D eigenvalue weighted by molar-refractivity contribution is 5.92. The van der Waals surface area contributed by atoms with Crippen LogP contribution in [0.25, 0.3) is 18.2 Å². The van der Waals surface area contributed by atoms with Gasteiger partial charge in [0.05, 0.1) is 11.9 Å². The second kappa shape index (κ2) is 3.31. The molecule has 0 unspecified atom stereocenters. The SMILES string of the molecule is C1=Cc2c/c3c(cc2=N1)/C=C\CN=C\C=3. The molecule has 1 aromatic rings. The van der Waals surface area contributed by atoms with Gasteiger partial charge in [-0.1, -0.05) is 12.2 Å². The smallest absolute Gasteiger partial charge is 0.0708 e. The summed E-state index contributed by atoms with van der Waals surface area (Å²) >= 11 is 0. The first-order chi connectivity index (χ1) is 7.43. The first-order valence-electron chi connectivity index (χ1n) is 4.99. The number of fused-ring (bicyclic) bond motifs is 2. The average molecular weight is 194 g/mol. The summed E-state index contributed by atoms with van der Waals surface area (Å²) in [6.07, 6.45) is 12.0. The third kappa shape index (κ3) is 1.44. The molecule has 0 spiro atoms. The summed E-state index contributed by atoms with van der Waals surface area (Å²) in [6, 6.07) is 4.27. The van der Waals surface area contributed by atoms with Crippen molar-refractivity contribution in [1.82, 2.24) is 0 Å². The van der Waals surface area contributed by atoms with Crippen LogP contribution >= 0.6 is 0 Å². The highest BCUT2D eigenvalue weighted by atomic mass is 14.7. The predicted octanol–water partition coefficient (Wildman–Crippen LogP) is 1.17. The highest BCUT2D eigenvalue weighted by Crippen LogP contribution is 2.03. The van der Waals surface area contributed by atoms with Crippen LogP contribution in [-0.4, -0.2) is 12.8 Å². The molecule has 15 heavy (non-hydrogen) atoms. The third-order valence-electron chi connectivity index (χ3n) is 2.57.